The van der Waals surface area contributed by atoms with Crippen molar-refractivity contribution in [2.24, 2.45) is 5.41 Å². The Balaban J connectivity index is 1.78. The van der Waals surface area contributed by atoms with Gasteiger partial charge in [-0.1, -0.05) is 88.1 Å². The van der Waals surface area contributed by atoms with E-state index in [1.165, 1.54) is 26.2 Å². The quantitative estimate of drug-likeness (QED) is 0.259. The molecule has 0 radical (unpaired) electrons. The highest BCUT2D eigenvalue weighted by molar-refractivity contribution is 7.26. The monoisotopic (exact) mass is 455 g/mol. The normalized spacial score (nSPS) is 13.2. The third-order valence-electron chi connectivity index (χ3n) is 5.94. The topological polar surface area (TPSA) is 25.8 Å². The van der Waals surface area contributed by atoms with Crippen LogP contribution in [0.15, 0.2) is 60.9 Å². The molecule has 5 rings (SSSR count). The largest absolute Gasteiger partial charge is 0.235 e. The van der Waals surface area contributed by atoms with E-state index in [4.69, 9.17) is 1.37 Å². The van der Waals surface area contributed by atoms with Crippen LogP contribution in [0.2, 0.25) is 19.6 Å². The molecule has 0 fully saturated rings. The van der Waals surface area contributed by atoms with E-state index in [0.29, 0.717) is 0 Å². The smallest absolute Gasteiger partial charge is 0.116 e. The van der Waals surface area contributed by atoms with Gasteiger partial charge in [-0.25, -0.2) is 9.97 Å². The van der Waals surface area contributed by atoms with E-state index in [1.54, 1.807) is 11.3 Å². The number of fused-ring (bicyclic) bond motifs is 4. The minimum absolute atomic E-state index is 0.0821. The lowest BCUT2D eigenvalue weighted by molar-refractivity contribution is 0.411. The van der Waals surface area contributed by atoms with Gasteiger partial charge >= 0.3 is 0 Å². The van der Waals surface area contributed by atoms with Gasteiger partial charge in [-0.15, -0.1) is 11.3 Å². The molecule has 3 aromatic carbocycles. The van der Waals surface area contributed by atoms with Crippen LogP contribution < -0.4 is 5.19 Å². The molecule has 0 amide bonds. The molecule has 0 aliphatic heterocycles. The number of benzene rings is 3. The summed E-state index contributed by atoms with van der Waals surface area (Å²) in [6.45, 7) is 14.0. The average Bonchev–Trinajstić information content (AvgIpc) is 3.08. The molecule has 162 valence electrons. The number of rotatable bonds is 3. The van der Waals surface area contributed by atoms with Crippen molar-refractivity contribution in [3.05, 3.63) is 66.5 Å². The van der Waals surface area contributed by atoms with Gasteiger partial charge in [-0.3, -0.25) is 0 Å². The molecule has 0 unspecified atom stereocenters. The first kappa shape index (κ1) is 20.1. The van der Waals surface area contributed by atoms with Gasteiger partial charge in [0.1, 0.15) is 7.67 Å². The molecule has 5 aromatic rings. The third-order valence-corrected chi connectivity index (χ3v) is 9.12. The first-order valence-electron chi connectivity index (χ1n) is 11.7. The highest BCUT2D eigenvalue weighted by atomic mass is 32.1. The number of hydrogen-bond donors (Lipinski definition) is 0. The summed E-state index contributed by atoms with van der Waals surface area (Å²) in [4.78, 5) is 9.22. The summed E-state index contributed by atoms with van der Waals surface area (Å²) in [5.41, 5.74) is 4.45. The van der Waals surface area contributed by atoms with Crippen molar-refractivity contribution in [3.8, 4) is 11.3 Å². The fraction of sp³-hybridized carbons (Fsp3) is 0.286. The van der Waals surface area contributed by atoms with Crippen LogP contribution in [-0.2, 0) is 6.42 Å². The maximum atomic E-state index is 8.37. The summed E-state index contributed by atoms with van der Waals surface area (Å²) in [6, 6.07) is 19.9. The van der Waals surface area contributed by atoms with Crippen molar-refractivity contribution in [3.63, 3.8) is 0 Å². The molecule has 32 heavy (non-hydrogen) atoms. The summed E-state index contributed by atoms with van der Waals surface area (Å²) < 4.78 is 10.7. The molecular weight excluding hydrogens is 424 g/mol. The Bertz CT molecular complexity index is 1520. The molecule has 0 bridgehead atoms. The van der Waals surface area contributed by atoms with Gasteiger partial charge in [0.15, 0.2) is 0 Å². The van der Waals surface area contributed by atoms with Gasteiger partial charge in [-0.2, -0.15) is 0 Å². The van der Waals surface area contributed by atoms with E-state index in [2.05, 4.69) is 105 Å². The molecule has 0 saturated carbocycles. The van der Waals surface area contributed by atoms with Crippen molar-refractivity contribution >= 4 is 55.7 Å². The van der Waals surface area contributed by atoms with Crippen LogP contribution in [-0.4, -0.2) is 18.0 Å². The van der Waals surface area contributed by atoms with Gasteiger partial charge in [0.2, 0.25) is 0 Å². The second kappa shape index (κ2) is 7.50. The van der Waals surface area contributed by atoms with Crippen molar-refractivity contribution in [1.29, 1.82) is 0 Å². The van der Waals surface area contributed by atoms with E-state index >= 15 is 0 Å². The molecule has 4 heteroatoms. The van der Waals surface area contributed by atoms with Gasteiger partial charge < -0.3 is 0 Å². The Morgan fingerprint density at radius 2 is 1.72 bits per heavy atom. The molecule has 0 spiro atoms. The fourth-order valence-corrected chi connectivity index (χ4v) is 7.40. The summed E-state index contributed by atoms with van der Waals surface area (Å²) >= 11 is 1.75. The summed E-state index contributed by atoms with van der Waals surface area (Å²) in [5, 5.41) is 5.12. The van der Waals surface area contributed by atoms with Crippen molar-refractivity contribution in [2.75, 3.05) is 0 Å². The zero-order valence-corrected chi connectivity index (χ0v) is 21.5. The summed E-state index contributed by atoms with van der Waals surface area (Å²) in [6.07, 6.45) is 1.11. The van der Waals surface area contributed by atoms with E-state index in [9.17, 15) is 0 Å². The lowest BCUT2D eigenvalue weighted by Crippen LogP contribution is -2.38. The van der Waals surface area contributed by atoms with Crippen LogP contribution in [0.1, 0.15) is 27.7 Å². The molecule has 2 nitrogen and oxygen atoms in total. The van der Waals surface area contributed by atoms with Crippen molar-refractivity contribution < 1.29 is 1.37 Å². The molecule has 2 heterocycles. The first-order chi connectivity index (χ1) is 15.5. The van der Waals surface area contributed by atoms with E-state index in [-0.39, 0.29) is 11.7 Å². The maximum absolute atomic E-state index is 8.37. The van der Waals surface area contributed by atoms with Crippen LogP contribution >= 0.6 is 11.3 Å². The summed E-state index contributed by atoms with van der Waals surface area (Å²) in [7, 11) is -1.59. The molecule has 0 aliphatic rings. The van der Waals surface area contributed by atoms with Crippen LogP contribution in [0.3, 0.4) is 0 Å². The molecule has 0 N–H and O–H groups in total. The van der Waals surface area contributed by atoms with E-state index in [1.807, 2.05) is 0 Å². The molecule has 0 atom stereocenters. The van der Waals surface area contributed by atoms with Crippen molar-refractivity contribution in [2.45, 2.75) is 46.8 Å². The van der Waals surface area contributed by atoms with E-state index < -0.39 is 8.07 Å². The predicted octanol–water partition coefficient (Wildman–Crippen LogP) is 7.80. The standard InChI is InChI=1S/C28H30N2SSi/c1-28(2,3)16-18-11-12-22-23(13-18)31-27-25(29-17-30-26(22)27)20-14-19-9-7-8-10-21(19)24(15-20)32(4,5)6/h7-15,17H,16H2,1-6H3/i17D. The Labute approximate surface area is 196 Å². The highest BCUT2D eigenvalue weighted by Gasteiger charge is 2.22. The maximum Gasteiger partial charge on any atom is 0.116 e. The molecular formula is C28H30N2SSi. The second-order valence-electron chi connectivity index (χ2n) is 11.0. The zero-order valence-electron chi connectivity index (χ0n) is 20.7. The van der Waals surface area contributed by atoms with Gasteiger partial charge in [0.25, 0.3) is 0 Å². The highest BCUT2D eigenvalue weighted by Crippen LogP contribution is 2.39. The summed E-state index contributed by atoms with van der Waals surface area (Å²) in [5.74, 6) is 0. The lowest BCUT2D eigenvalue weighted by Gasteiger charge is -2.21. The van der Waals surface area contributed by atoms with E-state index in [0.717, 1.165) is 33.3 Å². The molecule has 0 aliphatic carbocycles. The zero-order chi connectivity index (χ0) is 23.5. The van der Waals surface area contributed by atoms with Crippen molar-refractivity contribution in [1.82, 2.24) is 9.97 Å². The number of aromatic nitrogens is 2. The second-order valence-corrected chi connectivity index (χ2v) is 17.1. The first-order valence-corrected chi connectivity index (χ1v) is 15.5. The van der Waals surface area contributed by atoms with Gasteiger partial charge in [0, 0.05) is 15.6 Å². The molecule has 2 aromatic heterocycles. The fourth-order valence-electron chi connectivity index (χ4n) is 4.56. The predicted molar refractivity (Wildman–Crippen MR) is 144 cm³/mol. The third kappa shape index (κ3) is 3.87. The Hall–Kier alpha value is -2.56. The Morgan fingerprint density at radius 1 is 0.938 bits per heavy atom. The minimum atomic E-state index is -1.59. The minimum Gasteiger partial charge on any atom is -0.235 e. The number of hydrogen-bond acceptors (Lipinski definition) is 3. The van der Waals surface area contributed by atoms with Crippen LogP contribution in [0.25, 0.3) is 42.3 Å². The van der Waals surface area contributed by atoms with Crippen LogP contribution in [0.4, 0.5) is 0 Å². The van der Waals surface area contributed by atoms with Crippen LogP contribution in [0.5, 0.6) is 0 Å². The number of thiophene rings is 1. The lowest BCUT2D eigenvalue weighted by atomic mass is 9.88. The average molecular weight is 456 g/mol. The van der Waals surface area contributed by atoms with Gasteiger partial charge in [-0.05, 0) is 40.3 Å². The molecule has 0 saturated heterocycles. The van der Waals surface area contributed by atoms with Crippen LogP contribution in [0, 0.1) is 5.41 Å². The number of nitrogens with zero attached hydrogens (tertiary/aromatic N) is 2. The SMILES string of the molecule is [2H]c1nc(-c2cc([Si](C)(C)C)c3ccccc3c2)c2sc3cc(CC(C)(C)C)ccc3c2n1. The Kier molecular flexibility index (Phi) is 4.70. The Morgan fingerprint density at radius 3 is 2.47 bits per heavy atom. The van der Waals surface area contributed by atoms with Gasteiger partial charge in [0.05, 0.1) is 24.0 Å².